The Morgan fingerprint density at radius 2 is 1.93 bits per heavy atom. The molecular weight excluding hydrogens is 356 g/mol. The summed E-state index contributed by atoms with van der Waals surface area (Å²) in [5.41, 5.74) is 0.464. The molecule has 7 nitrogen and oxygen atoms in total. The Hall–Kier alpha value is -2.44. The predicted molar refractivity (Wildman–Crippen MR) is 113 cm³/mol. The van der Waals surface area contributed by atoms with Crippen molar-refractivity contribution >= 4 is 17.6 Å². The highest BCUT2D eigenvalue weighted by molar-refractivity contribution is 5.94. The molecule has 1 aromatic carbocycles. The lowest BCUT2D eigenvalue weighted by Crippen LogP contribution is -2.41. The van der Waals surface area contributed by atoms with E-state index in [4.69, 9.17) is 14.5 Å². The first-order chi connectivity index (χ1) is 13.5. The Labute approximate surface area is 168 Å². The summed E-state index contributed by atoms with van der Waals surface area (Å²) in [7, 11) is 5.27. The summed E-state index contributed by atoms with van der Waals surface area (Å²) in [6, 6.07) is 5.68. The normalized spacial score (nSPS) is 15.8. The van der Waals surface area contributed by atoms with Gasteiger partial charge in [0.05, 0.1) is 25.7 Å². The molecule has 1 fully saturated rings. The summed E-state index contributed by atoms with van der Waals surface area (Å²) in [5.74, 6) is 2.21. The topological polar surface area (TPSA) is 75.2 Å². The van der Waals surface area contributed by atoms with Crippen LogP contribution in [0.3, 0.4) is 0 Å². The van der Waals surface area contributed by atoms with E-state index in [1.165, 1.54) is 0 Å². The maximum Gasteiger partial charge on any atom is 0.230 e. The molecular formula is C21H34N4O3. The van der Waals surface area contributed by atoms with E-state index in [2.05, 4.69) is 10.6 Å². The average molecular weight is 391 g/mol. The quantitative estimate of drug-likeness (QED) is 0.527. The lowest BCUT2D eigenvalue weighted by Gasteiger charge is -2.29. The van der Waals surface area contributed by atoms with Gasteiger partial charge in [0, 0.05) is 32.4 Å². The SMILES string of the molecule is CCNC(=NCC1(C(=O)N(C)C)CCCC1)Nc1ccc(OC)c(OCC)c1. The molecule has 1 amide bonds. The van der Waals surface area contributed by atoms with Crippen LogP contribution < -0.4 is 20.1 Å². The number of ether oxygens (including phenoxy) is 2. The minimum atomic E-state index is -0.387. The Morgan fingerprint density at radius 1 is 1.21 bits per heavy atom. The molecule has 0 bridgehead atoms. The van der Waals surface area contributed by atoms with Crippen molar-refractivity contribution in [3.8, 4) is 11.5 Å². The monoisotopic (exact) mass is 390 g/mol. The molecule has 0 heterocycles. The average Bonchev–Trinajstić information content (AvgIpc) is 3.16. The van der Waals surface area contributed by atoms with Gasteiger partial charge in [-0.05, 0) is 38.8 Å². The van der Waals surface area contributed by atoms with Crippen LogP contribution in [0.5, 0.6) is 11.5 Å². The number of methoxy groups -OCH3 is 1. The molecule has 0 atom stereocenters. The molecule has 2 N–H and O–H groups in total. The van der Waals surface area contributed by atoms with Crippen LogP contribution in [0.25, 0.3) is 0 Å². The van der Waals surface area contributed by atoms with E-state index in [-0.39, 0.29) is 11.3 Å². The van der Waals surface area contributed by atoms with Crippen LogP contribution in [-0.2, 0) is 4.79 Å². The van der Waals surface area contributed by atoms with Crippen LogP contribution >= 0.6 is 0 Å². The highest BCUT2D eigenvalue weighted by Crippen LogP contribution is 2.39. The molecule has 0 radical (unpaired) electrons. The van der Waals surface area contributed by atoms with E-state index >= 15 is 0 Å². The summed E-state index contributed by atoms with van der Waals surface area (Å²) in [4.78, 5) is 19.2. The number of hydrogen-bond acceptors (Lipinski definition) is 4. The Morgan fingerprint density at radius 3 is 2.50 bits per heavy atom. The van der Waals surface area contributed by atoms with Gasteiger partial charge >= 0.3 is 0 Å². The molecule has 1 saturated carbocycles. The molecule has 2 rings (SSSR count). The van der Waals surface area contributed by atoms with Gasteiger partial charge < -0.3 is 25.0 Å². The molecule has 1 aliphatic carbocycles. The summed E-state index contributed by atoms with van der Waals surface area (Å²) >= 11 is 0. The number of guanidine groups is 1. The maximum absolute atomic E-state index is 12.8. The molecule has 1 aromatic rings. The van der Waals surface area contributed by atoms with Gasteiger partial charge in [-0.25, -0.2) is 0 Å². The van der Waals surface area contributed by atoms with Crippen molar-refractivity contribution in [3.63, 3.8) is 0 Å². The van der Waals surface area contributed by atoms with Gasteiger partial charge in [0.2, 0.25) is 5.91 Å². The van der Waals surface area contributed by atoms with Gasteiger partial charge in [-0.15, -0.1) is 0 Å². The Balaban J connectivity index is 2.20. The number of rotatable bonds is 8. The van der Waals surface area contributed by atoms with Gasteiger partial charge in [-0.1, -0.05) is 12.8 Å². The third-order valence-corrected chi connectivity index (χ3v) is 5.03. The molecule has 0 aromatic heterocycles. The van der Waals surface area contributed by atoms with Crippen LogP contribution in [0, 0.1) is 5.41 Å². The lowest BCUT2D eigenvalue weighted by molar-refractivity contribution is -0.138. The molecule has 0 spiro atoms. The highest BCUT2D eigenvalue weighted by Gasteiger charge is 2.42. The van der Waals surface area contributed by atoms with Crippen LogP contribution in [0.4, 0.5) is 5.69 Å². The van der Waals surface area contributed by atoms with Crippen molar-refractivity contribution in [1.29, 1.82) is 0 Å². The second-order valence-corrected chi connectivity index (χ2v) is 7.31. The van der Waals surface area contributed by atoms with Crippen molar-refractivity contribution < 1.29 is 14.3 Å². The first-order valence-electron chi connectivity index (χ1n) is 10.0. The van der Waals surface area contributed by atoms with Crippen molar-refractivity contribution in [3.05, 3.63) is 18.2 Å². The summed E-state index contributed by atoms with van der Waals surface area (Å²) in [5, 5.41) is 6.58. The molecule has 0 aliphatic heterocycles. The fraction of sp³-hybridized carbons (Fsp3) is 0.619. The van der Waals surface area contributed by atoms with Gasteiger partial charge in [-0.3, -0.25) is 9.79 Å². The number of carbonyl (C=O) groups is 1. The molecule has 0 saturated heterocycles. The Kier molecular flexibility index (Phi) is 7.96. The van der Waals surface area contributed by atoms with Crippen molar-refractivity contribution in [2.45, 2.75) is 39.5 Å². The number of anilines is 1. The second kappa shape index (κ2) is 10.2. The first-order valence-corrected chi connectivity index (χ1v) is 10.0. The van der Waals surface area contributed by atoms with E-state index in [9.17, 15) is 4.79 Å². The van der Waals surface area contributed by atoms with E-state index in [1.807, 2.05) is 46.1 Å². The zero-order valence-corrected chi connectivity index (χ0v) is 17.8. The maximum atomic E-state index is 12.8. The molecule has 1 aliphatic rings. The summed E-state index contributed by atoms with van der Waals surface area (Å²) in [6.07, 6.45) is 3.94. The zero-order chi connectivity index (χ0) is 20.6. The van der Waals surface area contributed by atoms with Gasteiger partial charge in [0.25, 0.3) is 0 Å². The zero-order valence-electron chi connectivity index (χ0n) is 17.8. The van der Waals surface area contributed by atoms with Crippen LogP contribution in [0.1, 0.15) is 39.5 Å². The fourth-order valence-corrected chi connectivity index (χ4v) is 3.66. The smallest absolute Gasteiger partial charge is 0.230 e. The van der Waals surface area contributed by atoms with Crippen molar-refractivity contribution in [2.75, 3.05) is 46.2 Å². The van der Waals surface area contributed by atoms with Crippen LogP contribution in [0.15, 0.2) is 23.2 Å². The standard InChI is InChI=1S/C21H34N4O3/c1-6-22-20(23-15-21(12-8-9-13-21)19(26)25(3)4)24-16-10-11-17(27-5)18(14-16)28-7-2/h10-11,14H,6-9,12-13,15H2,1-5H3,(H2,22,23,24). The fourth-order valence-electron chi connectivity index (χ4n) is 3.66. The lowest BCUT2D eigenvalue weighted by atomic mass is 9.85. The molecule has 0 unspecified atom stereocenters. The number of carbonyl (C=O) groups excluding carboxylic acids is 1. The number of nitrogens with one attached hydrogen (secondary N) is 2. The minimum absolute atomic E-state index is 0.174. The number of aliphatic imine (C=N–C) groups is 1. The van der Waals surface area contributed by atoms with Crippen LogP contribution in [0.2, 0.25) is 0 Å². The summed E-state index contributed by atoms with van der Waals surface area (Å²) in [6.45, 7) is 5.73. The van der Waals surface area contributed by atoms with Crippen molar-refractivity contribution in [1.82, 2.24) is 10.2 Å². The summed E-state index contributed by atoms with van der Waals surface area (Å²) < 4.78 is 11.0. The third-order valence-electron chi connectivity index (χ3n) is 5.03. The molecule has 7 heteroatoms. The number of nitrogens with zero attached hydrogens (tertiary/aromatic N) is 2. The first kappa shape index (κ1) is 21.9. The van der Waals surface area contributed by atoms with E-state index < -0.39 is 0 Å². The molecule has 28 heavy (non-hydrogen) atoms. The number of benzene rings is 1. The highest BCUT2D eigenvalue weighted by atomic mass is 16.5. The van der Waals surface area contributed by atoms with Crippen molar-refractivity contribution in [2.24, 2.45) is 10.4 Å². The predicted octanol–water partition coefficient (Wildman–Crippen LogP) is 3.12. The van der Waals surface area contributed by atoms with Gasteiger partial charge in [-0.2, -0.15) is 0 Å². The van der Waals surface area contributed by atoms with E-state index in [1.54, 1.807) is 12.0 Å². The van der Waals surface area contributed by atoms with Gasteiger partial charge in [0.15, 0.2) is 17.5 Å². The van der Waals surface area contributed by atoms with Gasteiger partial charge in [0.1, 0.15) is 0 Å². The second-order valence-electron chi connectivity index (χ2n) is 7.31. The number of amides is 1. The van der Waals surface area contributed by atoms with Crippen LogP contribution in [-0.4, -0.2) is 57.7 Å². The largest absolute Gasteiger partial charge is 0.493 e. The third kappa shape index (κ3) is 5.30. The van der Waals surface area contributed by atoms with E-state index in [0.29, 0.717) is 30.6 Å². The Bertz CT molecular complexity index is 682. The number of hydrogen-bond donors (Lipinski definition) is 2. The molecule has 156 valence electrons. The minimum Gasteiger partial charge on any atom is -0.493 e. The van der Waals surface area contributed by atoms with E-state index in [0.717, 1.165) is 37.9 Å².